The van der Waals surface area contributed by atoms with Crippen LogP contribution in [0.4, 0.5) is 5.69 Å². The average molecular weight is 709 g/mol. The number of benzene rings is 2. The van der Waals surface area contributed by atoms with Crippen LogP contribution in [0.2, 0.25) is 0 Å². The molecule has 1 fully saturated rings. The van der Waals surface area contributed by atoms with Gasteiger partial charge in [0.25, 0.3) is 11.5 Å². The summed E-state index contributed by atoms with van der Waals surface area (Å²) in [6, 6.07) is 11.0. The van der Waals surface area contributed by atoms with Crippen LogP contribution in [-0.2, 0) is 29.7 Å². The van der Waals surface area contributed by atoms with Gasteiger partial charge in [0, 0.05) is 74.1 Å². The van der Waals surface area contributed by atoms with Crippen LogP contribution in [0.15, 0.2) is 59.8 Å². The summed E-state index contributed by atoms with van der Waals surface area (Å²) in [6.45, 7) is 2.80. The van der Waals surface area contributed by atoms with E-state index in [2.05, 4.69) is 27.6 Å². The molecule has 2 aromatic heterocycles. The van der Waals surface area contributed by atoms with Crippen LogP contribution in [-0.4, -0.2) is 77.5 Å². The smallest absolute Gasteiger partial charge is 0.259 e. The number of hydrogen-bond acceptors (Lipinski definition) is 9. The van der Waals surface area contributed by atoms with E-state index in [0.717, 1.165) is 96.4 Å². The van der Waals surface area contributed by atoms with E-state index in [9.17, 15) is 19.2 Å². The summed E-state index contributed by atoms with van der Waals surface area (Å²) in [4.78, 5) is 57.8. The number of piperidine rings is 1. The van der Waals surface area contributed by atoms with Crippen molar-refractivity contribution in [2.24, 2.45) is 7.05 Å². The van der Waals surface area contributed by atoms with Gasteiger partial charge in [-0.1, -0.05) is 31.7 Å². The Hall–Kier alpha value is -5.23. The molecular weight excluding hydrogens is 660 g/mol. The number of aryl methyl sites for hydroxylation is 1. The van der Waals surface area contributed by atoms with E-state index >= 15 is 0 Å². The summed E-state index contributed by atoms with van der Waals surface area (Å²) < 4.78 is 13.3. The maximum absolute atomic E-state index is 13.1. The van der Waals surface area contributed by atoms with Gasteiger partial charge in [0.15, 0.2) is 0 Å². The highest BCUT2D eigenvalue weighted by Crippen LogP contribution is 2.38. The molecule has 1 unspecified atom stereocenters. The Labute approximate surface area is 304 Å². The predicted octanol–water partition coefficient (Wildman–Crippen LogP) is 5.26. The lowest BCUT2D eigenvalue weighted by Gasteiger charge is -2.29. The molecule has 2 aliphatic rings. The number of unbranched alkanes of at least 4 members (excludes halogenated alkanes) is 5. The average Bonchev–Trinajstić information content (AvgIpc) is 3.48. The van der Waals surface area contributed by atoms with E-state index in [1.54, 1.807) is 43.1 Å². The quantitative estimate of drug-likeness (QED) is 0.118. The third-order valence-electron chi connectivity index (χ3n) is 10.2. The highest BCUT2D eigenvalue weighted by atomic mass is 16.5. The van der Waals surface area contributed by atoms with Crippen LogP contribution >= 0.6 is 0 Å². The molecular formula is C40H48N6O6. The molecule has 2 aliphatic heterocycles. The van der Waals surface area contributed by atoms with Gasteiger partial charge in [-0.3, -0.25) is 29.5 Å². The molecule has 52 heavy (non-hydrogen) atoms. The van der Waals surface area contributed by atoms with E-state index in [-0.39, 0.29) is 23.8 Å². The van der Waals surface area contributed by atoms with Gasteiger partial charge in [0.1, 0.15) is 17.5 Å². The van der Waals surface area contributed by atoms with E-state index in [4.69, 9.17) is 9.47 Å². The largest absolute Gasteiger partial charge is 0.496 e. The topological polar surface area (TPSA) is 135 Å². The van der Waals surface area contributed by atoms with Gasteiger partial charge in [-0.2, -0.15) is 0 Å². The van der Waals surface area contributed by atoms with Crippen LogP contribution in [0.1, 0.15) is 72.9 Å². The number of ether oxygens (including phenoxy) is 2. The first kappa shape index (κ1) is 36.6. The highest BCUT2D eigenvalue weighted by molar-refractivity contribution is 6.06. The van der Waals surface area contributed by atoms with Crippen molar-refractivity contribution in [1.29, 1.82) is 0 Å². The summed E-state index contributed by atoms with van der Waals surface area (Å²) in [6.07, 6.45) is 12.4. The number of carbonyl (C=O) groups is 3. The summed E-state index contributed by atoms with van der Waals surface area (Å²) in [5.74, 6) is 0.652. The number of methoxy groups -OCH3 is 2. The van der Waals surface area contributed by atoms with Gasteiger partial charge >= 0.3 is 0 Å². The lowest BCUT2D eigenvalue weighted by Crippen LogP contribution is -2.52. The number of pyridine rings is 2. The van der Waals surface area contributed by atoms with Gasteiger partial charge in [0.2, 0.25) is 11.8 Å². The van der Waals surface area contributed by atoms with Gasteiger partial charge in [0.05, 0.1) is 25.2 Å². The van der Waals surface area contributed by atoms with Crippen molar-refractivity contribution in [1.82, 2.24) is 24.7 Å². The molecule has 274 valence electrons. The molecule has 0 saturated carbocycles. The molecule has 12 heteroatoms. The number of carbonyl (C=O) groups excluding carboxylic acids is 3. The molecule has 0 spiro atoms. The van der Waals surface area contributed by atoms with Gasteiger partial charge in [-0.15, -0.1) is 0 Å². The number of rotatable bonds is 16. The number of anilines is 1. The first-order valence-electron chi connectivity index (χ1n) is 18.1. The number of imide groups is 1. The van der Waals surface area contributed by atoms with E-state index in [1.165, 1.54) is 0 Å². The molecule has 0 aliphatic carbocycles. The molecule has 6 rings (SSSR count). The minimum atomic E-state index is -0.610. The maximum atomic E-state index is 13.1. The van der Waals surface area contributed by atoms with Crippen LogP contribution in [0, 0.1) is 0 Å². The summed E-state index contributed by atoms with van der Waals surface area (Å²) in [7, 11) is 7.21. The molecule has 0 bridgehead atoms. The van der Waals surface area contributed by atoms with Crippen molar-refractivity contribution < 1.29 is 23.9 Å². The zero-order valence-electron chi connectivity index (χ0n) is 30.5. The van der Waals surface area contributed by atoms with E-state index in [1.807, 2.05) is 42.6 Å². The monoisotopic (exact) mass is 708 g/mol. The SMILES string of the molecule is COc1cc(-c2cn(C)c(=O)c3cnccc23)cc(OC)c1CN(C)CCCCCCCCNc1cccc2c1CN(C1CCC(=O)NC1=O)C2=O. The minimum Gasteiger partial charge on any atom is -0.496 e. The zero-order valence-corrected chi connectivity index (χ0v) is 30.5. The van der Waals surface area contributed by atoms with Crippen LogP contribution in [0.3, 0.4) is 0 Å². The number of nitrogens with one attached hydrogen (secondary N) is 2. The van der Waals surface area contributed by atoms with Gasteiger partial charge in [-0.05, 0) is 74.1 Å². The molecule has 4 aromatic rings. The number of aromatic nitrogens is 2. The lowest BCUT2D eigenvalue weighted by atomic mass is 9.99. The fraction of sp³-hybridized carbons (Fsp3) is 0.425. The second-order valence-electron chi connectivity index (χ2n) is 13.8. The molecule has 1 saturated heterocycles. The van der Waals surface area contributed by atoms with Crippen molar-refractivity contribution in [2.45, 2.75) is 70.5 Å². The van der Waals surface area contributed by atoms with Crippen molar-refractivity contribution in [2.75, 3.05) is 39.7 Å². The highest BCUT2D eigenvalue weighted by Gasteiger charge is 2.39. The Morgan fingerprint density at radius 3 is 2.40 bits per heavy atom. The fourth-order valence-corrected chi connectivity index (χ4v) is 7.37. The normalized spacial score (nSPS) is 15.7. The Kier molecular flexibility index (Phi) is 11.5. The van der Waals surface area contributed by atoms with Crippen molar-refractivity contribution in [3.05, 3.63) is 82.0 Å². The number of fused-ring (bicyclic) bond motifs is 2. The molecule has 4 heterocycles. The second-order valence-corrected chi connectivity index (χ2v) is 13.8. The summed E-state index contributed by atoms with van der Waals surface area (Å²) in [5.41, 5.74) is 5.19. The molecule has 12 nitrogen and oxygen atoms in total. The first-order chi connectivity index (χ1) is 25.2. The predicted molar refractivity (Wildman–Crippen MR) is 201 cm³/mol. The van der Waals surface area contributed by atoms with Crippen LogP contribution in [0.25, 0.3) is 21.9 Å². The van der Waals surface area contributed by atoms with Crippen LogP contribution < -0.4 is 25.7 Å². The maximum Gasteiger partial charge on any atom is 0.259 e. The van der Waals surface area contributed by atoms with Gasteiger partial charge in [-0.25, -0.2) is 0 Å². The van der Waals surface area contributed by atoms with Crippen LogP contribution in [0.5, 0.6) is 11.5 Å². The Morgan fingerprint density at radius 2 is 1.67 bits per heavy atom. The van der Waals surface area contributed by atoms with Crippen molar-refractivity contribution >= 4 is 34.2 Å². The standard InChI is InChI=1S/C40H48N6O6/c1-44(23-32-35(51-3)20-26(21-36(32)52-4)30-24-45(2)39(49)29-22-41-18-16-27(29)30)19-10-8-6-5-7-9-17-42-33-13-11-12-28-31(33)25-46(40(28)50)34-14-15-37(47)43-38(34)48/h11-13,16,18,20-22,24,34,42H,5-10,14-15,17,19,23,25H2,1-4H3,(H,43,47,48). The first-order valence-corrected chi connectivity index (χ1v) is 18.1. The van der Waals surface area contributed by atoms with Gasteiger partial charge < -0.3 is 29.2 Å². The van der Waals surface area contributed by atoms with Crippen molar-refractivity contribution in [3.63, 3.8) is 0 Å². The fourth-order valence-electron chi connectivity index (χ4n) is 7.37. The zero-order chi connectivity index (χ0) is 36.8. The number of hydrogen-bond donors (Lipinski definition) is 2. The molecule has 2 aromatic carbocycles. The minimum absolute atomic E-state index is 0.0886. The Balaban J connectivity index is 0.941. The number of nitrogens with zero attached hydrogens (tertiary/aromatic N) is 4. The summed E-state index contributed by atoms with van der Waals surface area (Å²) in [5, 5.41) is 7.28. The third-order valence-corrected chi connectivity index (χ3v) is 10.2. The third kappa shape index (κ3) is 7.81. The summed E-state index contributed by atoms with van der Waals surface area (Å²) >= 11 is 0. The Morgan fingerprint density at radius 1 is 0.942 bits per heavy atom. The Bertz CT molecular complexity index is 2000. The molecule has 0 radical (unpaired) electrons. The second kappa shape index (κ2) is 16.4. The molecule has 2 N–H and O–H groups in total. The van der Waals surface area contributed by atoms with E-state index in [0.29, 0.717) is 30.5 Å². The molecule has 3 amide bonds. The van der Waals surface area contributed by atoms with Crippen molar-refractivity contribution in [3.8, 4) is 22.6 Å². The lowest BCUT2D eigenvalue weighted by molar-refractivity contribution is -0.136. The molecule has 1 atom stereocenters. The number of amides is 3. The van der Waals surface area contributed by atoms with E-state index < -0.39 is 11.9 Å².